The number of benzene rings is 1. The number of hydrogen-bond acceptors (Lipinski definition) is 1. The van der Waals surface area contributed by atoms with Gasteiger partial charge in [-0.05, 0) is 18.2 Å². The normalized spacial score (nSPS) is 11.1. The van der Waals surface area contributed by atoms with Gasteiger partial charge in [-0.2, -0.15) is 8.78 Å². The first-order valence-corrected chi connectivity index (χ1v) is 4.32. The molecule has 78 valence electrons. The minimum absolute atomic E-state index is 0.401. The van der Waals surface area contributed by atoms with Crippen molar-refractivity contribution >= 4 is 15.9 Å². The monoisotopic (exact) mass is 272 g/mol. The fourth-order valence-corrected chi connectivity index (χ4v) is 1.23. The second-order valence-electron chi connectivity index (χ2n) is 2.36. The van der Waals surface area contributed by atoms with Crippen LogP contribution in [0.4, 0.5) is 17.6 Å². The van der Waals surface area contributed by atoms with E-state index in [1.807, 2.05) is 0 Å². The van der Waals surface area contributed by atoms with Gasteiger partial charge >= 0.3 is 6.61 Å². The Balaban J connectivity index is 3.03. The van der Waals surface area contributed by atoms with Crippen LogP contribution in [-0.4, -0.2) is 6.61 Å². The van der Waals surface area contributed by atoms with Crippen LogP contribution in [0, 0.1) is 0 Å². The van der Waals surface area contributed by atoms with Crippen LogP contribution in [0.1, 0.15) is 12.0 Å². The molecule has 0 amide bonds. The van der Waals surface area contributed by atoms with E-state index in [-0.39, 0.29) is 0 Å². The van der Waals surface area contributed by atoms with Crippen LogP contribution in [0.5, 0.6) is 5.75 Å². The molecule has 14 heavy (non-hydrogen) atoms. The third-order valence-corrected chi connectivity index (χ3v) is 1.92. The summed E-state index contributed by atoms with van der Waals surface area (Å²) in [7, 11) is 0. The quantitative estimate of drug-likeness (QED) is 0.756. The summed E-state index contributed by atoms with van der Waals surface area (Å²) in [5, 5.41) is 0. The smallest absolute Gasteiger partial charge is 0.387 e. The highest BCUT2D eigenvalue weighted by atomic mass is 79.9. The first kappa shape index (κ1) is 11.3. The van der Waals surface area contributed by atoms with Crippen molar-refractivity contribution in [1.29, 1.82) is 0 Å². The SMILES string of the molecule is FC(F)Oc1cc(Br)ccc1C(F)F. The van der Waals surface area contributed by atoms with Gasteiger partial charge in [-0.1, -0.05) is 15.9 Å². The van der Waals surface area contributed by atoms with Crippen molar-refractivity contribution < 1.29 is 22.3 Å². The molecule has 0 aliphatic carbocycles. The molecule has 0 aliphatic heterocycles. The molecule has 0 spiro atoms. The van der Waals surface area contributed by atoms with Crippen molar-refractivity contribution in [3.63, 3.8) is 0 Å². The van der Waals surface area contributed by atoms with E-state index < -0.39 is 24.3 Å². The summed E-state index contributed by atoms with van der Waals surface area (Å²) in [6.45, 7) is -3.11. The first-order valence-electron chi connectivity index (χ1n) is 3.53. The van der Waals surface area contributed by atoms with Gasteiger partial charge in [0.25, 0.3) is 6.43 Å². The summed E-state index contributed by atoms with van der Waals surface area (Å²) in [6, 6.07) is 3.44. The average Bonchev–Trinajstić information content (AvgIpc) is 2.01. The predicted octanol–water partition coefficient (Wildman–Crippen LogP) is 3.99. The maximum absolute atomic E-state index is 12.3. The average molecular weight is 273 g/mol. The summed E-state index contributed by atoms with van der Waals surface area (Å²) in [5.41, 5.74) is -0.548. The molecule has 0 unspecified atom stereocenters. The Morgan fingerprint density at radius 3 is 2.29 bits per heavy atom. The van der Waals surface area contributed by atoms with Crippen LogP contribution in [-0.2, 0) is 0 Å². The number of ether oxygens (including phenoxy) is 1. The highest BCUT2D eigenvalue weighted by molar-refractivity contribution is 9.10. The van der Waals surface area contributed by atoms with Crippen LogP contribution in [0.2, 0.25) is 0 Å². The van der Waals surface area contributed by atoms with Crippen LogP contribution in [0.3, 0.4) is 0 Å². The van der Waals surface area contributed by atoms with E-state index in [1.165, 1.54) is 6.07 Å². The summed E-state index contributed by atoms with van der Waals surface area (Å²) in [4.78, 5) is 0. The molecular weight excluding hydrogens is 268 g/mol. The maximum atomic E-state index is 12.3. The predicted molar refractivity (Wildman–Crippen MR) is 45.7 cm³/mol. The topological polar surface area (TPSA) is 9.23 Å². The molecule has 0 bridgehead atoms. The van der Waals surface area contributed by atoms with E-state index in [0.29, 0.717) is 4.47 Å². The Bertz CT molecular complexity index is 316. The summed E-state index contributed by atoms with van der Waals surface area (Å²) in [6.07, 6.45) is -2.84. The molecule has 1 rings (SSSR count). The summed E-state index contributed by atoms with van der Waals surface area (Å²) >= 11 is 2.97. The Morgan fingerprint density at radius 1 is 1.14 bits per heavy atom. The first-order chi connectivity index (χ1) is 6.50. The number of hydrogen-bond donors (Lipinski definition) is 0. The Kier molecular flexibility index (Phi) is 3.74. The van der Waals surface area contributed by atoms with E-state index in [0.717, 1.165) is 12.1 Å². The second kappa shape index (κ2) is 4.63. The Hall–Kier alpha value is -0.780. The molecule has 0 saturated carbocycles. The Morgan fingerprint density at radius 2 is 1.79 bits per heavy atom. The van der Waals surface area contributed by atoms with E-state index in [4.69, 9.17) is 0 Å². The van der Waals surface area contributed by atoms with E-state index in [2.05, 4.69) is 20.7 Å². The molecule has 0 heterocycles. The van der Waals surface area contributed by atoms with E-state index >= 15 is 0 Å². The minimum atomic E-state index is -3.11. The fourth-order valence-electron chi connectivity index (χ4n) is 0.887. The lowest BCUT2D eigenvalue weighted by Crippen LogP contribution is -2.04. The van der Waals surface area contributed by atoms with Crippen molar-refractivity contribution in [2.45, 2.75) is 13.0 Å². The lowest BCUT2D eigenvalue weighted by atomic mass is 10.2. The second-order valence-corrected chi connectivity index (χ2v) is 3.28. The third kappa shape index (κ3) is 2.87. The molecule has 1 nitrogen and oxygen atoms in total. The van der Waals surface area contributed by atoms with E-state index in [1.54, 1.807) is 0 Å². The van der Waals surface area contributed by atoms with Gasteiger partial charge in [-0.3, -0.25) is 0 Å². The summed E-state index contributed by atoms with van der Waals surface area (Å²) < 4.78 is 52.5. The molecule has 6 heteroatoms. The van der Waals surface area contributed by atoms with Crippen LogP contribution in [0.15, 0.2) is 22.7 Å². The minimum Gasteiger partial charge on any atom is -0.434 e. The third-order valence-electron chi connectivity index (χ3n) is 1.43. The van der Waals surface area contributed by atoms with Gasteiger partial charge in [0.05, 0.1) is 5.56 Å². The largest absolute Gasteiger partial charge is 0.434 e. The number of alkyl halides is 4. The number of rotatable bonds is 3. The van der Waals surface area contributed by atoms with Gasteiger partial charge in [-0.15, -0.1) is 0 Å². The molecule has 0 N–H and O–H groups in total. The van der Waals surface area contributed by atoms with Crippen LogP contribution >= 0.6 is 15.9 Å². The number of halogens is 5. The van der Waals surface area contributed by atoms with Crippen molar-refractivity contribution in [2.75, 3.05) is 0 Å². The van der Waals surface area contributed by atoms with E-state index in [9.17, 15) is 17.6 Å². The zero-order chi connectivity index (χ0) is 10.7. The summed E-state index contributed by atoms with van der Waals surface area (Å²) in [5.74, 6) is -0.510. The molecule has 1 aromatic carbocycles. The van der Waals surface area contributed by atoms with Crippen LogP contribution < -0.4 is 4.74 Å². The highest BCUT2D eigenvalue weighted by Crippen LogP contribution is 2.32. The lowest BCUT2D eigenvalue weighted by Gasteiger charge is -2.09. The van der Waals surface area contributed by atoms with Crippen molar-refractivity contribution in [3.8, 4) is 5.75 Å². The zero-order valence-corrected chi connectivity index (χ0v) is 8.27. The molecule has 1 aromatic rings. The van der Waals surface area contributed by atoms with Gasteiger partial charge in [0, 0.05) is 4.47 Å². The standard InChI is InChI=1S/C8H5BrF4O/c9-4-1-2-5(7(10)11)6(3-4)14-8(12)13/h1-3,7-8H. The Labute approximate surface area is 85.8 Å². The van der Waals surface area contributed by atoms with Gasteiger partial charge in [0.2, 0.25) is 0 Å². The van der Waals surface area contributed by atoms with Gasteiger partial charge in [-0.25, -0.2) is 8.78 Å². The molecule has 0 aromatic heterocycles. The van der Waals surface area contributed by atoms with Crippen molar-refractivity contribution in [2.24, 2.45) is 0 Å². The molecule has 0 saturated heterocycles. The van der Waals surface area contributed by atoms with Gasteiger partial charge in [0.15, 0.2) is 0 Å². The highest BCUT2D eigenvalue weighted by Gasteiger charge is 2.16. The van der Waals surface area contributed by atoms with Crippen LogP contribution in [0.25, 0.3) is 0 Å². The lowest BCUT2D eigenvalue weighted by molar-refractivity contribution is -0.0520. The van der Waals surface area contributed by atoms with Crippen molar-refractivity contribution in [1.82, 2.24) is 0 Å². The van der Waals surface area contributed by atoms with Gasteiger partial charge in [0.1, 0.15) is 5.75 Å². The zero-order valence-electron chi connectivity index (χ0n) is 6.68. The van der Waals surface area contributed by atoms with Crippen molar-refractivity contribution in [3.05, 3.63) is 28.2 Å². The molecule has 0 aliphatic rings. The molecule has 0 atom stereocenters. The molecule has 0 radical (unpaired) electrons. The maximum Gasteiger partial charge on any atom is 0.387 e. The van der Waals surface area contributed by atoms with Gasteiger partial charge < -0.3 is 4.74 Å². The molecular formula is C8H5BrF4O. The fraction of sp³-hybridized carbons (Fsp3) is 0.250. The molecule has 0 fully saturated rings.